The molecule has 0 aliphatic rings. The molecule has 0 aliphatic heterocycles. The van der Waals surface area contributed by atoms with Gasteiger partial charge in [0.25, 0.3) is 5.91 Å². The molecule has 110 valence electrons. The summed E-state index contributed by atoms with van der Waals surface area (Å²) < 4.78 is 12.7. The zero-order chi connectivity index (χ0) is 15.7. The fourth-order valence-corrected chi connectivity index (χ4v) is 1.40. The van der Waals surface area contributed by atoms with Crippen molar-refractivity contribution in [3.63, 3.8) is 0 Å². The highest BCUT2D eigenvalue weighted by molar-refractivity contribution is 6.06. The molecule has 0 fully saturated rings. The van der Waals surface area contributed by atoms with Gasteiger partial charge in [-0.3, -0.25) is 9.59 Å². The standard InChI is InChI=1S/C14H14FN3O3/c15-11-3-5-12(6-4-11)18-14(21)10(8-16)9-17-7-1-2-13(19)20/h3-6,9,17H,1-2,7H2,(H,18,21)(H,19,20)/b10-9-. The number of nitrogens with zero attached hydrogens (tertiary/aromatic N) is 1. The maximum atomic E-state index is 12.7. The third kappa shape index (κ3) is 6.20. The van der Waals surface area contributed by atoms with Gasteiger partial charge in [-0.15, -0.1) is 0 Å². The van der Waals surface area contributed by atoms with Gasteiger partial charge in [0.2, 0.25) is 0 Å². The molecule has 0 heterocycles. The Morgan fingerprint density at radius 3 is 2.57 bits per heavy atom. The first-order valence-corrected chi connectivity index (χ1v) is 6.15. The summed E-state index contributed by atoms with van der Waals surface area (Å²) in [5.41, 5.74) is 0.211. The number of carboxylic acids is 1. The first-order chi connectivity index (χ1) is 10.0. The Hall–Kier alpha value is -2.88. The lowest BCUT2D eigenvalue weighted by atomic mass is 10.2. The molecule has 0 unspecified atom stereocenters. The Morgan fingerprint density at radius 1 is 1.33 bits per heavy atom. The fraction of sp³-hybridized carbons (Fsp3) is 0.214. The van der Waals surface area contributed by atoms with E-state index >= 15 is 0 Å². The summed E-state index contributed by atoms with van der Waals surface area (Å²) in [6.07, 6.45) is 1.61. The van der Waals surface area contributed by atoms with Crippen LogP contribution in [0.15, 0.2) is 36.0 Å². The fourth-order valence-electron chi connectivity index (χ4n) is 1.40. The molecule has 0 bridgehead atoms. The quantitative estimate of drug-likeness (QED) is 0.402. The van der Waals surface area contributed by atoms with E-state index in [2.05, 4.69) is 10.6 Å². The van der Waals surface area contributed by atoms with Crippen LogP contribution in [0.5, 0.6) is 0 Å². The minimum absolute atomic E-state index is 0.00447. The summed E-state index contributed by atoms with van der Waals surface area (Å²) in [5.74, 6) is -1.96. The third-order valence-electron chi connectivity index (χ3n) is 2.43. The zero-order valence-electron chi connectivity index (χ0n) is 11.1. The Labute approximate surface area is 120 Å². The SMILES string of the molecule is N#C/C(=C/NCCCC(=O)O)C(=O)Nc1ccc(F)cc1. The Balaban J connectivity index is 2.51. The first kappa shape index (κ1) is 16.2. The second-order valence-corrected chi connectivity index (χ2v) is 4.08. The van der Waals surface area contributed by atoms with Crippen LogP contribution < -0.4 is 10.6 Å². The summed E-state index contributed by atoms with van der Waals surface area (Å²) in [4.78, 5) is 22.1. The van der Waals surface area contributed by atoms with Crippen LogP contribution in [0, 0.1) is 17.1 Å². The molecule has 1 amide bonds. The van der Waals surface area contributed by atoms with Gasteiger partial charge in [0.15, 0.2) is 0 Å². The summed E-state index contributed by atoms with van der Waals surface area (Å²) in [6.45, 7) is 0.335. The Kier molecular flexibility index (Phi) is 6.41. The second kappa shape index (κ2) is 8.32. The van der Waals surface area contributed by atoms with E-state index in [0.717, 1.165) is 0 Å². The van der Waals surface area contributed by atoms with Gasteiger partial charge >= 0.3 is 5.97 Å². The maximum absolute atomic E-state index is 12.7. The number of aliphatic carboxylic acids is 1. The number of benzene rings is 1. The molecular weight excluding hydrogens is 277 g/mol. The number of rotatable bonds is 7. The van der Waals surface area contributed by atoms with Crippen molar-refractivity contribution in [1.29, 1.82) is 5.26 Å². The topological polar surface area (TPSA) is 102 Å². The van der Waals surface area contributed by atoms with Crippen LogP contribution >= 0.6 is 0 Å². The van der Waals surface area contributed by atoms with Crippen molar-refractivity contribution in [2.75, 3.05) is 11.9 Å². The van der Waals surface area contributed by atoms with Crippen LogP contribution in [0.25, 0.3) is 0 Å². The lowest BCUT2D eigenvalue weighted by Gasteiger charge is -2.04. The molecule has 1 aromatic carbocycles. The molecule has 0 saturated heterocycles. The molecule has 6 nitrogen and oxygen atoms in total. The van der Waals surface area contributed by atoms with Gasteiger partial charge in [-0.1, -0.05) is 0 Å². The molecule has 0 radical (unpaired) electrons. The first-order valence-electron chi connectivity index (χ1n) is 6.15. The van der Waals surface area contributed by atoms with Crippen LogP contribution in [0.2, 0.25) is 0 Å². The number of carbonyl (C=O) groups is 2. The number of carbonyl (C=O) groups excluding carboxylic acids is 1. The molecule has 1 aromatic rings. The number of nitrogens with one attached hydrogen (secondary N) is 2. The average Bonchev–Trinajstić information content (AvgIpc) is 2.45. The molecule has 3 N–H and O–H groups in total. The van der Waals surface area contributed by atoms with Gasteiger partial charge in [-0.2, -0.15) is 5.26 Å². The molecule has 1 rings (SSSR count). The van der Waals surface area contributed by atoms with Gasteiger partial charge in [-0.05, 0) is 30.7 Å². The predicted molar refractivity (Wildman–Crippen MR) is 73.6 cm³/mol. The number of amides is 1. The molecule has 0 atom stereocenters. The maximum Gasteiger partial charge on any atom is 0.303 e. The van der Waals surface area contributed by atoms with Gasteiger partial charge in [0.05, 0.1) is 0 Å². The van der Waals surface area contributed by atoms with E-state index < -0.39 is 17.7 Å². The minimum Gasteiger partial charge on any atom is -0.481 e. The van der Waals surface area contributed by atoms with Crippen LogP contribution in [0.1, 0.15) is 12.8 Å². The average molecular weight is 291 g/mol. The summed E-state index contributed by atoms with van der Waals surface area (Å²) in [6, 6.07) is 6.86. The number of hydrogen-bond acceptors (Lipinski definition) is 4. The van der Waals surface area contributed by atoms with Gasteiger partial charge in [0, 0.05) is 24.9 Å². The van der Waals surface area contributed by atoms with E-state index in [0.29, 0.717) is 18.7 Å². The van der Waals surface area contributed by atoms with Crippen molar-refractivity contribution in [1.82, 2.24) is 5.32 Å². The molecule has 0 aliphatic carbocycles. The summed E-state index contributed by atoms with van der Waals surface area (Å²) in [5, 5.41) is 22.5. The number of carboxylic acid groups (broad SMARTS) is 1. The van der Waals surface area contributed by atoms with Crippen molar-refractivity contribution in [3.05, 3.63) is 41.9 Å². The molecule has 0 saturated carbocycles. The van der Waals surface area contributed by atoms with Crippen molar-refractivity contribution in [2.45, 2.75) is 12.8 Å². The summed E-state index contributed by atoms with van der Waals surface area (Å²) >= 11 is 0. The van der Waals surface area contributed by atoms with E-state index in [-0.39, 0.29) is 12.0 Å². The minimum atomic E-state index is -0.907. The number of nitriles is 1. The zero-order valence-corrected chi connectivity index (χ0v) is 11.1. The third-order valence-corrected chi connectivity index (χ3v) is 2.43. The highest BCUT2D eigenvalue weighted by Gasteiger charge is 2.09. The molecule has 0 aromatic heterocycles. The van der Waals surface area contributed by atoms with E-state index in [1.807, 2.05) is 0 Å². The number of anilines is 1. The number of hydrogen-bond donors (Lipinski definition) is 3. The number of halogens is 1. The molecular formula is C14H14FN3O3. The highest BCUT2D eigenvalue weighted by atomic mass is 19.1. The smallest absolute Gasteiger partial charge is 0.303 e. The van der Waals surface area contributed by atoms with Crippen molar-refractivity contribution in [3.8, 4) is 6.07 Å². The van der Waals surface area contributed by atoms with E-state index in [1.165, 1.54) is 30.5 Å². The van der Waals surface area contributed by atoms with Crippen molar-refractivity contribution in [2.24, 2.45) is 0 Å². The lowest BCUT2D eigenvalue weighted by Crippen LogP contribution is -2.17. The van der Waals surface area contributed by atoms with Crippen LogP contribution in [-0.2, 0) is 9.59 Å². The van der Waals surface area contributed by atoms with Crippen LogP contribution in [0.3, 0.4) is 0 Å². The predicted octanol–water partition coefficient (Wildman–Crippen LogP) is 1.63. The normalized spacial score (nSPS) is 10.6. The second-order valence-electron chi connectivity index (χ2n) is 4.08. The monoisotopic (exact) mass is 291 g/mol. The Morgan fingerprint density at radius 2 is 2.00 bits per heavy atom. The Bertz CT molecular complexity index is 576. The van der Waals surface area contributed by atoms with Crippen molar-refractivity contribution >= 4 is 17.6 Å². The van der Waals surface area contributed by atoms with E-state index in [1.54, 1.807) is 6.07 Å². The van der Waals surface area contributed by atoms with Gasteiger partial charge in [-0.25, -0.2) is 4.39 Å². The van der Waals surface area contributed by atoms with Crippen molar-refractivity contribution < 1.29 is 19.1 Å². The van der Waals surface area contributed by atoms with Gasteiger partial charge < -0.3 is 15.7 Å². The molecule has 21 heavy (non-hydrogen) atoms. The van der Waals surface area contributed by atoms with Crippen LogP contribution in [0.4, 0.5) is 10.1 Å². The van der Waals surface area contributed by atoms with Crippen LogP contribution in [-0.4, -0.2) is 23.5 Å². The molecule has 0 spiro atoms. The summed E-state index contributed by atoms with van der Waals surface area (Å²) in [7, 11) is 0. The van der Waals surface area contributed by atoms with Gasteiger partial charge in [0.1, 0.15) is 17.5 Å². The van der Waals surface area contributed by atoms with E-state index in [4.69, 9.17) is 10.4 Å². The highest BCUT2D eigenvalue weighted by Crippen LogP contribution is 2.09. The molecule has 7 heteroatoms. The van der Waals surface area contributed by atoms with E-state index in [9.17, 15) is 14.0 Å². The lowest BCUT2D eigenvalue weighted by molar-refractivity contribution is -0.137. The largest absolute Gasteiger partial charge is 0.481 e.